The number of rotatable bonds is 1. The molecule has 2 aliphatic heterocycles. The van der Waals surface area contributed by atoms with E-state index in [4.69, 9.17) is 9.07 Å². The van der Waals surface area contributed by atoms with Crippen molar-refractivity contribution in [3.8, 4) is 16.9 Å². The monoisotopic (exact) mass is 603 g/mol. The zero-order valence-electron chi connectivity index (χ0n) is 28.5. The van der Waals surface area contributed by atoms with Gasteiger partial charge < -0.3 is 14.0 Å². The molecule has 0 spiro atoms. The molecular formula is C42H42BNO2. The van der Waals surface area contributed by atoms with Crippen LogP contribution in [0, 0.1) is 0 Å². The molecule has 0 atom stereocenters. The Morgan fingerprint density at radius 3 is 1.91 bits per heavy atom. The maximum atomic E-state index is 7.17. The average Bonchev–Trinajstić information content (AvgIpc) is 3.38. The summed E-state index contributed by atoms with van der Waals surface area (Å²) in [5.41, 5.74) is 13.8. The van der Waals surface area contributed by atoms with Crippen molar-refractivity contribution in [2.75, 3.05) is 4.90 Å². The molecule has 46 heavy (non-hydrogen) atoms. The summed E-state index contributed by atoms with van der Waals surface area (Å²) >= 11 is 0. The Bertz CT molecular complexity index is 2190. The number of hydrogen-bond acceptors (Lipinski definition) is 3. The Morgan fingerprint density at radius 2 is 1.22 bits per heavy atom. The lowest BCUT2D eigenvalue weighted by Gasteiger charge is -2.40. The largest absolute Gasteiger partial charge is 0.551 e. The normalized spacial score (nSPS) is 14.3. The second kappa shape index (κ2) is 9.54. The minimum Gasteiger partial charge on any atom is -0.551 e. The number of para-hydroxylation sites is 1. The number of anilines is 3. The third-order valence-corrected chi connectivity index (χ3v) is 9.96. The molecule has 0 radical (unpaired) electrons. The Hall–Kier alpha value is -4.44. The fourth-order valence-corrected chi connectivity index (χ4v) is 7.23. The molecule has 0 fully saturated rings. The smallest absolute Gasteiger partial charge is 0.431 e. The van der Waals surface area contributed by atoms with Crippen LogP contribution in [-0.2, 0) is 16.2 Å². The van der Waals surface area contributed by atoms with Crippen molar-refractivity contribution < 1.29 is 9.07 Å². The summed E-state index contributed by atoms with van der Waals surface area (Å²) in [6.07, 6.45) is 0. The van der Waals surface area contributed by atoms with Gasteiger partial charge in [-0.15, -0.1) is 0 Å². The van der Waals surface area contributed by atoms with Crippen LogP contribution in [0.3, 0.4) is 0 Å². The highest BCUT2D eigenvalue weighted by Crippen LogP contribution is 2.49. The fourth-order valence-electron chi connectivity index (χ4n) is 7.23. The summed E-state index contributed by atoms with van der Waals surface area (Å²) in [6.45, 7) is 20.2. The maximum absolute atomic E-state index is 7.17. The molecule has 3 nitrogen and oxygen atoms in total. The van der Waals surface area contributed by atoms with E-state index in [1.807, 2.05) is 0 Å². The van der Waals surface area contributed by atoms with Gasteiger partial charge in [-0.2, -0.15) is 0 Å². The predicted octanol–water partition coefficient (Wildman–Crippen LogP) is 10.4. The number of nitrogens with zero attached hydrogens (tertiary/aromatic N) is 1. The van der Waals surface area contributed by atoms with Gasteiger partial charge in [-0.25, -0.2) is 0 Å². The third-order valence-electron chi connectivity index (χ3n) is 9.96. The second-order valence-corrected chi connectivity index (χ2v) is 16.3. The van der Waals surface area contributed by atoms with E-state index >= 15 is 0 Å². The first-order valence-corrected chi connectivity index (χ1v) is 16.5. The molecule has 0 saturated carbocycles. The molecule has 0 unspecified atom stereocenters. The maximum Gasteiger partial charge on any atom is 0.431 e. The van der Waals surface area contributed by atoms with Crippen LogP contribution in [0.2, 0.25) is 0 Å². The predicted molar refractivity (Wildman–Crippen MR) is 196 cm³/mol. The standard InChI is InChI=1S/C42H42BNO2/c1-40(2,3)25-14-18-28(19-15-25)44-33-21-17-26(41(4,5)6)22-32(33)43-38-34(44)24-31-29-12-10-11-13-35(29)45-39(31)37(38)30-20-16-27(42(7,8)9)23-36(30)46-43/h10-24H,1-9H3. The van der Waals surface area contributed by atoms with Crippen LogP contribution in [0.1, 0.15) is 79.0 Å². The van der Waals surface area contributed by atoms with Crippen LogP contribution in [0.4, 0.5) is 17.1 Å². The van der Waals surface area contributed by atoms with Crippen LogP contribution >= 0.6 is 0 Å². The van der Waals surface area contributed by atoms with Crippen LogP contribution in [0.25, 0.3) is 33.1 Å². The second-order valence-electron chi connectivity index (χ2n) is 16.3. The van der Waals surface area contributed by atoms with E-state index in [0.29, 0.717) is 0 Å². The Labute approximate surface area is 273 Å². The van der Waals surface area contributed by atoms with E-state index in [2.05, 4.69) is 158 Å². The highest BCUT2D eigenvalue weighted by atomic mass is 16.4. The molecule has 6 aromatic rings. The molecule has 3 heterocycles. The van der Waals surface area contributed by atoms with Gasteiger partial charge in [-0.05, 0) is 74.8 Å². The topological polar surface area (TPSA) is 25.6 Å². The molecule has 0 saturated heterocycles. The van der Waals surface area contributed by atoms with Crippen LogP contribution in [-0.4, -0.2) is 6.92 Å². The van der Waals surface area contributed by atoms with Gasteiger partial charge >= 0.3 is 6.92 Å². The quantitative estimate of drug-likeness (QED) is 0.175. The summed E-state index contributed by atoms with van der Waals surface area (Å²) < 4.78 is 13.9. The van der Waals surface area contributed by atoms with Crippen LogP contribution in [0.15, 0.2) is 95.4 Å². The van der Waals surface area contributed by atoms with Gasteiger partial charge in [0.15, 0.2) is 0 Å². The molecule has 5 aromatic carbocycles. The van der Waals surface area contributed by atoms with Gasteiger partial charge in [0.2, 0.25) is 0 Å². The zero-order valence-corrected chi connectivity index (χ0v) is 28.5. The van der Waals surface area contributed by atoms with Crippen molar-refractivity contribution in [2.24, 2.45) is 0 Å². The van der Waals surface area contributed by atoms with E-state index in [9.17, 15) is 0 Å². The molecule has 4 heteroatoms. The highest BCUT2D eigenvalue weighted by molar-refractivity contribution is 6.86. The van der Waals surface area contributed by atoms with Crippen molar-refractivity contribution in [2.45, 2.75) is 78.6 Å². The first-order valence-electron chi connectivity index (χ1n) is 16.5. The summed E-state index contributed by atoms with van der Waals surface area (Å²) in [4.78, 5) is 2.45. The molecule has 2 aliphatic rings. The minimum absolute atomic E-state index is 0.00487. The van der Waals surface area contributed by atoms with Gasteiger partial charge in [0.1, 0.15) is 16.9 Å². The van der Waals surface area contributed by atoms with Gasteiger partial charge in [-0.3, -0.25) is 0 Å². The molecular weight excluding hydrogens is 561 g/mol. The lowest BCUT2D eigenvalue weighted by atomic mass is 9.49. The van der Waals surface area contributed by atoms with Crippen molar-refractivity contribution in [1.82, 2.24) is 0 Å². The molecule has 0 amide bonds. The number of benzene rings is 5. The van der Waals surface area contributed by atoms with E-state index in [1.165, 1.54) is 27.6 Å². The van der Waals surface area contributed by atoms with E-state index in [0.717, 1.165) is 55.9 Å². The van der Waals surface area contributed by atoms with E-state index < -0.39 is 0 Å². The summed E-state index contributed by atoms with van der Waals surface area (Å²) in [6, 6.07) is 33.6. The van der Waals surface area contributed by atoms with Crippen molar-refractivity contribution in [3.63, 3.8) is 0 Å². The molecule has 0 aliphatic carbocycles. The Morgan fingerprint density at radius 1 is 0.587 bits per heavy atom. The van der Waals surface area contributed by atoms with Crippen LogP contribution in [0.5, 0.6) is 5.75 Å². The van der Waals surface area contributed by atoms with E-state index in [-0.39, 0.29) is 23.2 Å². The van der Waals surface area contributed by atoms with Gasteiger partial charge in [0, 0.05) is 44.4 Å². The SMILES string of the molecule is CC(C)(C)c1ccc(N2c3ccc(C(C)(C)C)cc3B3Oc4cc(C(C)(C)C)ccc4-c4c3c2cc2c4oc3ccccc32)cc1. The highest BCUT2D eigenvalue weighted by Gasteiger charge is 2.45. The summed E-state index contributed by atoms with van der Waals surface area (Å²) in [5, 5.41) is 2.26. The lowest BCUT2D eigenvalue weighted by Crippen LogP contribution is -2.56. The van der Waals surface area contributed by atoms with E-state index in [1.54, 1.807) is 0 Å². The average molecular weight is 604 g/mol. The molecule has 1 aromatic heterocycles. The number of furan rings is 1. The number of hydrogen-bond donors (Lipinski definition) is 0. The van der Waals surface area contributed by atoms with Gasteiger partial charge in [0.25, 0.3) is 0 Å². The Balaban J connectivity index is 1.49. The van der Waals surface area contributed by atoms with Crippen molar-refractivity contribution >= 4 is 56.8 Å². The molecule has 8 rings (SSSR count). The van der Waals surface area contributed by atoms with Crippen LogP contribution < -0.4 is 20.5 Å². The summed E-state index contributed by atoms with van der Waals surface area (Å²) in [5.74, 6) is 0.916. The zero-order chi connectivity index (χ0) is 32.3. The fraction of sp³-hybridized carbons (Fsp3) is 0.286. The molecule has 0 N–H and O–H groups in total. The first kappa shape index (κ1) is 29.0. The first-order chi connectivity index (χ1) is 21.7. The number of fused-ring (bicyclic) bond motifs is 8. The van der Waals surface area contributed by atoms with Crippen molar-refractivity contribution in [3.05, 3.63) is 108 Å². The minimum atomic E-state index is -0.271. The Kier molecular flexibility index (Phi) is 6.02. The lowest BCUT2D eigenvalue weighted by molar-refractivity contribution is 0.564. The molecule has 0 bridgehead atoms. The summed E-state index contributed by atoms with van der Waals surface area (Å²) in [7, 11) is 0. The van der Waals surface area contributed by atoms with Gasteiger partial charge in [-0.1, -0.05) is 117 Å². The van der Waals surface area contributed by atoms with Gasteiger partial charge in [0.05, 0.1) is 0 Å². The van der Waals surface area contributed by atoms with Crippen molar-refractivity contribution in [1.29, 1.82) is 0 Å². The molecule has 230 valence electrons. The third kappa shape index (κ3) is 4.33.